The molecule has 2 aromatic rings. The third-order valence-electron chi connectivity index (χ3n) is 3.31. The number of imidazole rings is 1. The fraction of sp³-hybridized carbons (Fsp3) is 0.250. The molecule has 22 heavy (non-hydrogen) atoms. The van der Waals surface area contributed by atoms with Gasteiger partial charge in [0.2, 0.25) is 0 Å². The van der Waals surface area contributed by atoms with Gasteiger partial charge in [-0.15, -0.1) is 0 Å². The van der Waals surface area contributed by atoms with Crippen LogP contribution in [0.15, 0.2) is 18.5 Å². The Morgan fingerprint density at radius 3 is 2.64 bits per heavy atom. The first-order valence-electron chi connectivity index (χ1n) is 6.60. The Balaban J connectivity index is 2.62. The van der Waals surface area contributed by atoms with Crippen LogP contribution >= 0.6 is 11.6 Å². The summed E-state index contributed by atoms with van der Waals surface area (Å²) < 4.78 is 12.0. The van der Waals surface area contributed by atoms with Gasteiger partial charge in [-0.25, -0.2) is 9.78 Å². The van der Waals surface area contributed by atoms with Crippen molar-refractivity contribution in [1.29, 1.82) is 0 Å². The number of rotatable bonds is 4. The molecule has 0 unspecified atom stereocenters. The number of ether oxygens (including phenoxy) is 2. The van der Waals surface area contributed by atoms with Crippen molar-refractivity contribution in [3.63, 3.8) is 0 Å². The molecule has 1 heterocycles. The second kappa shape index (κ2) is 6.66. The molecule has 0 saturated carbocycles. The zero-order valence-electron chi connectivity index (χ0n) is 12.9. The van der Waals surface area contributed by atoms with E-state index >= 15 is 0 Å². The molecular weight excluding hydrogens is 304 g/mol. The van der Waals surface area contributed by atoms with Gasteiger partial charge in [0.1, 0.15) is 17.1 Å². The van der Waals surface area contributed by atoms with E-state index in [-0.39, 0.29) is 0 Å². The van der Waals surface area contributed by atoms with Crippen molar-refractivity contribution in [2.75, 3.05) is 14.2 Å². The van der Waals surface area contributed by atoms with Crippen LogP contribution in [-0.4, -0.2) is 29.7 Å². The number of nitrogens with zero attached hydrogens (tertiary/aromatic N) is 2. The quantitative estimate of drug-likeness (QED) is 0.811. The fourth-order valence-corrected chi connectivity index (χ4v) is 2.32. The standard InChI is InChI=1S/C16H17ClN2O3/c1-10-9-12(21-3)14(16(20)22-4)11(15(10)17)5-6-13-18-7-8-19(13)2/h5-9H,1-4H3/b6-5-. The van der Waals surface area contributed by atoms with E-state index in [9.17, 15) is 4.79 Å². The maximum atomic E-state index is 12.1. The highest BCUT2D eigenvalue weighted by molar-refractivity contribution is 6.33. The molecule has 6 heteroatoms. The summed E-state index contributed by atoms with van der Waals surface area (Å²) in [5, 5.41) is 0.478. The van der Waals surface area contributed by atoms with Crippen LogP contribution in [0, 0.1) is 6.92 Å². The minimum Gasteiger partial charge on any atom is -0.496 e. The summed E-state index contributed by atoms with van der Waals surface area (Å²) in [6.07, 6.45) is 7.05. The van der Waals surface area contributed by atoms with Crippen molar-refractivity contribution in [2.45, 2.75) is 6.92 Å². The number of esters is 1. The Bertz CT molecular complexity index is 735. The molecule has 0 N–H and O–H groups in total. The summed E-state index contributed by atoms with van der Waals surface area (Å²) in [6.45, 7) is 1.85. The third kappa shape index (κ3) is 2.99. The lowest BCUT2D eigenvalue weighted by atomic mass is 10.0. The molecular formula is C16H17ClN2O3. The van der Waals surface area contributed by atoms with Crippen molar-refractivity contribution >= 4 is 29.7 Å². The number of benzene rings is 1. The summed E-state index contributed by atoms with van der Waals surface area (Å²) in [7, 11) is 4.70. The van der Waals surface area contributed by atoms with E-state index in [1.807, 2.05) is 24.7 Å². The van der Waals surface area contributed by atoms with Gasteiger partial charge in [0, 0.05) is 25.0 Å². The van der Waals surface area contributed by atoms with Crippen LogP contribution in [0.4, 0.5) is 0 Å². The largest absolute Gasteiger partial charge is 0.496 e. The molecule has 0 aliphatic carbocycles. The maximum absolute atomic E-state index is 12.1. The highest BCUT2D eigenvalue weighted by Crippen LogP contribution is 2.34. The van der Waals surface area contributed by atoms with E-state index in [0.717, 1.165) is 11.4 Å². The van der Waals surface area contributed by atoms with Crippen molar-refractivity contribution < 1.29 is 14.3 Å². The molecule has 0 atom stereocenters. The first-order chi connectivity index (χ1) is 10.5. The van der Waals surface area contributed by atoms with Gasteiger partial charge in [-0.2, -0.15) is 0 Å². The highest BCUT2D eigenvalue weighted by atomic mass is 35.5. The third-order valence-corrected chi connectivity index (χ3v) is 3.81. The fourth-order valence-electron chi connectivity index (χ4n) is 2.11. The van der Waals surface area contributed by atoms with Gasteiger partial charge in [-0.05, 0) is 30.7 Å². The van der Waals surface area contributed by atoms with Crippen molar-refractivity contribution in [3.8, 4) is 5.75 Å². The lowest BCUT2D eigenvalue weighted by Gasteiger charge is -2.13. The Morgan fingerprint density at radius 2 is 2.09 bits per heavy atom. The second-order valence-corrected chi connectivity index (χ2v) is 5.10. The number of halogens is 1. The van der Waals surface area contributed by atoms with Crippen LogP contribution in [0.5, 0.6) is 5.75 Å². The van der Waals surface area contributed by atoms with Crippen LogP contribution < -0.4 is 4.74 Å². The summed E-state index contributed by atoms with van der Waals surface area (Å²) in [6, 6.07) is 1.71. The number of methoxy groups -OCH3 is 2. The van der Waals surface area contributed by atoms with E-state index in [0.29, 0.717) is 21.9 Å². The first-order valence-corrected chi connectivity index (χ1v) is 6.98. The first kappa shape index (κ1) is 16.1. The Labute approximate surface area is 134 Å². The number of carbonyl (C=O) groups is 1. The van der Waals surface area contributed by atoms with Gasteiger partial charge in [-0.1, -0.05) is 11.6 Å². The Hall–Kier alpha value is -2.27. The molecule has 0 aliphatic rings. The molecule has 1 aromatic heterocycles. The Morgan fingerprint density at radius 1 is 1.36 bits per heavy atom. The molecule has 0 radical (unpaired) electrons. The molecule has 0 saturated heterocycles. The highest BCUT2D eigenvalue weighted by Gasteiger charge is 2.21. The van der Waals surface area contributed by atoms with Gasteiger partial charge < -0.3 is 14.0 Å². The minimum absolute atomic E-state index is 0.297. The van der Waals surface area contributed by atoms with Gasteiger partial charge in [0.25, 0.3) is 0 Å². The summed E-state index contributed by atoms with van der Waals surface area (Å²) >= 11 is 6.37. The molecule has 0 aliphatic heterocycles. The average Bonchev–Trinajstić information content (AvgIpc) is 2.92. The smallest absolute Gasteiger partial charge is 0.342 e. The van der Waals surface area contributed by atoms with Gasteiger partial charge >= 0.3 is 5.97 Å². The molecule has 0 amide bonds. The number of aromatic nitrogens is 2. The summed E-state index contributed by atoms with van der Waals surface area (Å²) in [5.41, 5.74) is 1.66. The predicted octanol–water partition coefficient (Wildman–Crippen LogP) is 3.35. The molecule has 0 fully saturated rings. The molecule has 1 aromatic carbocycles. The van der Waals surface area contributed by atoms with E-state index in [1.54, 1.807) is 24.4 Å². The molecule has 2 rings (SSSR count). The van der Waals surface area contributed by atoms with Crippen molar-refractivity contribution in [3.05, 3.63) is 46.0 Å². The van der Waals surface area contributed by atoms with Crippen LogP contribution in [0.1, 0.15) is 27.3 Å². The monoisotopic (exact) mass is 320 g/mol. The minimum atomic E-state index is -0.502. The molecule has 0 bridgehead atoms. The van der Waals surface area contributed by atoms with E-state index in [1.165, 1.54) is 14.2 Å². The van der Waals surface area contributed by atoms with Gasteiger partial charge in [0.15, 0.2) is 0 Å². The number of aryl methyl sites for hydroxylation is 2. The van der Waals surface area contributed by atoms with Crippen LogP contribution in [-0.2, 0) is 11.8 Å². The van der Waals surface area contributed by atoms with E-state index < -0.39 is 5.97 Å². The maximum Gasteiger partial charge on any atom is 0.342 e. The number of hydrogen-bond donors (Lipinski definition) is 0. The van der Waals surface area contributed by atoms with Crippen molar-refractivity contribution in [2.24, 2.45) is 7.05 Å². The summed E-state index contributed by atoms with van der Waals surface area (Å²) in [5.74, 6) is 0.666. The van der Waals surface area contributed by atoms with Crippen molar-refractivity contribution in [1.82, 2.24) is 9.55 Å². The lowest BCUT2D eigenvalue weighted by molar-refractivity contribution is 0.0597. The van der Waals surface area contributed by atoms with Gasteiger partial charge in [-0.3, -0.25) is 0 Å². The zero-order valence-corrected chi connectivity index (χ0v) is 13.6. The van der Waals surface area contributed by atoms with E-state index in [2.05, 4.69) is 4.98 Å². The molecule has 0 spiro atoms. The lowest BCUT2D eigenvalue weighted by Crippen LogP contribution is -2.08. The molecule has 116 valence electrons. The Kier molecular flexibility index (Phi) is 4.88. The number of carbonyl (C=O) groups excluding carboxylic acids is 1. The van der Waals surface area contributed by atoms with Crippen LogP contribution in [0.25, 0.3) is 12.2 Å². The van der Waals surface area contributed by atoms with Crippen LogP contribution in [0.2, 0.25) is 5.02 Å². The average molecular weight is 321 g/mol. The topological polar surface area (TPSA) is 53.4 Å². The molecule has 5 nitrogen and oxygen atoms in total. The van der Waals surface area contributed by atoms with E-state index in [4.69, 9.17) is 21.1 Å². The normalized spacial score (nSPS) is 11.0. The van der Waals surface area contributed by atoms with Gasteiger partial charge in [0.05, 0.1) is 19.2 Å². The second-order valence-electron chi connectivity index (χ2n) is 4.72. The SMILES string of the molecule is COC(=O)c1c(OC)cc(C)c(Cl)c1/C=C\c1nccn1C. The zero-order chi connectivity index (χ0) is 16.3. The predicted molar refractivity (Wildman–Crippen MR) is 86.2 cm³/mol. The van der Waals surface area contributed by atoms with Crippen LogP contribution in [0.3, 0.4) is 0 Å². The number of hydrogen-bond acceptors (Lipinski definition) is 4. The summed E-state index contributed by atoms with van der Waals surface area (Å²) in [4.78, 5) is 16.3.